The first-order valence-corrected chi connectivity index (χ1v) is 12.5. The van der Waals surface area contributed by atoms with Crippen LogP contribution in [-0.4, -0.2) is 43.7 Å². The number of amides is 2. The van der Waals surface area contributed by atoms with Crippen molar-refractivity contribution < 1.29 is 22.4 Å². The number of benzene rings is 2. The first-order valence-electron chi connectivity index (χ1n) is 11.1. The summed E-state index contributed by atoms with van der Waals surface area (Å²) >= 11 is 0. The lowest BCUT2D eigenvalue weighted by Crippen LogP contribution is -2.47. The Morgan fingerprint density at radius 1 is 1.03 bits per heavy atom. The Morgan fingerprint density at radius 3 is 2.33 bits per heavy atom. The minimum atomic E-state index is -3.66. The highest BCUT2D eigenvalue weighted by atomic mass is 32.2. The van der Waals surface area contributed by atoms with E-state index in [1.165, 1.54) is 34.6 Å². The number of carbonyl (C=O) groups is 2. The number of sulfonamides is 1. The highest BCUT2D eigenvalue weighted by molar-refractivity contribution is 7.89. The second-order valence-electron chi connectivity index (χ2n) is 8.61. The highest BCUT2D eigenvalue weighted by Gasteiger charge is 2.28. The maximum Gasteiger partial charge on any atom is 0.254 e. The van der Waals surface area contributed by atoms with Crippen LogP contribution in [0.1, 0.15) is 49.0 Å². The van der Waals surface area contributed by atoms with Gasteiger partial charge in [0.1, 0.15) is 11.9 Å². The molecule has 0 aromatic heterocycles. The summed E-state index contributed by atoms with van der Waals surface area (Å²) < 4.78 is 41.5. The molecular weight excluding hydrogens is 445 g/mol. The summed E-state index contributed by atoms with van der Waals surface area (Å²) in [6, 6.07) is 9.23. The number of nitrogens with zero attached hydrogens (tertiary/aromatic N) is 1. The number of aryl methyl sites for hydroxylation is 1. The van der Waals surface area contributed by atoms with E-state index in [4.69, 9.17) is 0 Å². The number of piperidine rings is 1. The molecule has 0 spiro atoms. The standard InChI is InChI=1S/C24H30FN3O4S/c1-16(2)22(27-23(29)19-9-5-6-10-20(19)25)24(30)26-21-15-18(12-11-17(21)3)33(31,32)28-13-7-4-8-14-28/h5-6,9-12,15-16,22H,4,7-8,13-14H2,1-3H3,(H,26,30)(H,27,29)/t22-/m1/s1. The van der Waals surface area contributed by atoms with E-state index >= 15 is 0 Å². The molecule has 2 aromatic carbocycles. The van der Waals surface area contributed by atoms with E-state index in [1.54, 1.807) is 32.9 Å². The van der Waals surface area contributed by atoms with E-state index in [2.05, 4.69) is 10.6 Å². The van der Waals surface area contributed by atoms with Crippen molar-refractivity contribution >= 4 is 27.5 Å². The molecule has 1 heterocycles. The first-order chi connectivity index (χ1) is 15.6. The van der Waals surface area contributed by atoms with Crippen LogP contribution in [0.4, 0.5) is 10.1 Å². The molecule has 0 radical (unpaired) electrons. The molecule has 7 nitrogen and oxygen atoms in total. The fourth-order valence-electron chi connectivity index (χ4n) is 3.76. The summed E-state index contributed by atoms with van der Waals surface area (Å²) in [4.78, 5) is 25.7. The molecule has 0 bridgehead atoms. The zero-order valence-corrected chi connectivity index (χ0v) is 19.9. The average Bonchev–Trinajstić information content (AvgIpc) is 2.79. The summed E-state index contributed by atoms with van der Waals surface area (Å²) in [5.41, 5.74) is 0.884. The molecule has 178 valence electrons. The van der Waals surface area contributed by atoms with Crippen LogP contribution in [0.5, 0.6) is 0 Å². The third kappa shape index (κ3) is 5.78. The van der Waals surface area contributed by atoms with Gasteiger partial charge in [-0.3, -0.25) is 9.59 Å². The Morgan fingerprint density at radius 2 is 1.70 bits per heavy atom. The number of rotatable bonds is 7. The SMILES string of the molecule is Cc1ccc(S(=O)(=O)N2CCCCC2)cc1NC(=O)[C@H](NC(=O)c1ccccc1F)C(C)C. The predicted molar refractivity (Wildman–Crippen MR) is 125 cm³/mol. The van der Waals surface area contributed by atoms with Gasteiger partial charge in [0.2, 0.25) is 15.9 Å². The molecule has 1 atom stereocenters. The van der Waals surface area contributed by atoms with Gasteiger partial charge in [0, 0.05) is 18.8 Å². The summed E-state index contributed by atoms with van der Waals surface area (Å²) in [6.45, 7) is 6.24. The number of nitrogens with one attached hydrogen (secondary N) is 2. The van der Waals surface area contributed by atoms with Crippen molar-refractivity contribution in [3.05, 3.63) is 59.4 Å². The van der Waals surface area contributed by atoms with E-state index in [1.807, 2.05) is 0 Å². The number of anilines is 1. The Bertz CT molecular complexity index is 1130. The molecule has 1 aliphatic rings. The number of halogens is 1. The summed E-state index contributed by atoms with van der Waals surface area (Å²) in [7, 11) is -3.66. The minimum Gasteiger partial charge on any atom is -0.340 e. The topological polar surface area (TPSA) is 95.6 Å². The van der Waals surface area contributed by atoms with Gasteiger partial charge in [-0.05, 0) is 55.5 Å². The van der Waals surface area contributed by atoms with Gasteiger partial charge in [0.15, 0.2) is 0 Å². The molecule has 2 N–H and O–H groups in total. The third-order valence-corrected chi connectivity index (χ3v) is 7.67. The third-order valence-electron chi connectivity index (χ3n) is 5.77. The zero-order valence-electron chi connectivity index (χ0n) is 19.1. The van der Waals surface area contributed by atoms with Crippen LogP contribution in [0.3, 0.4) is 0 Å². The smallest absolute Gasteiger partial charge is 0.254 e. The summed E-state index contributed by atoms with van der Waals surface area (Å²) in [5, 5.41) is 5.34. The van der Waals surface area contributed by atoms with Gasteiger partial charge in [0.05, 0.1) is 10.5 Å². The van der Waals surface area contributed by atoms with Crippen LogP contribution in [-0.2, 0) is 14.8 Å². The van der Waals surface area contributed by atoms with Crippen molar-refractivity contribution in [1.82, 2.24) is 9.62 Å². The molecule has 2 aromatic rings. The number of carbonyl (C=O) groups excluding carboxylic acids is 2. The molecule has 0 aliphatic carbocycles. The Labute approximate surface area is 194 Å². The minimum absolute atomic E-state index is 0.113. The largest absolute Gasteiger partial charge is 0.340 e. The predicted octanol–water partition coefficient (Wildman–Crippen LogP) is 3.70. The lowest BCUT2D eigenvalue weighted by Gasteiger charge is -2.26. The van der Waals surface area contributed by atoms with Crippen molar-refractivity contribution in [2.24, 2.45) is 5.92 Å². The van der Waals surface area contributed by atoms with Gasteiger partial charge in [0.25, 0.3) is 5.91 Å². The van der Waals surface area contributed by atoms with Crippen molar-refractivity contribution in [3.8, 4) is 0 Å². The van der Waals surface area contributed by atoms with E-state index in [-0.39, 0.29) is 16.4 Å². The van der Waals surface area contributed by atoms with Gasteiger partial charge < -0.3 is 10.6 Å². The normalized spacial score (nSPS) is 15.8. The van der Waals surface area contributed by atoms with Crippen LogP contribution in [0.25, 0.3) is 0 Å². The summed E-state index contributed by atoms with van der Waals surface area (Å²) in [6.07, 6.45) is 2.66. The van der Waals surface area contributed by atoms with Crippen LogP contribution in [0.15, 0.2) is 47.4 Å². The molecule has 9 heteroatoms. The van der Waals surface area contributed by atoms with Gasteiger partial charge in [-0.25, -0.2) is 12.8 Å². The van der Waals surface area contributed by atoms with E-state index in [0.717, 1.165) is 19.3 Å². The maximum atomic E-state index is 14.0. The van der Waals surface area contributed by atoms with Crippen LogP contribution < -0.4 is 10.6 Å². The Hall–Kier alpha value is -2.78. The second kappa shape index (κ2) is 10.4. The average molecular weight is 476 g/mol. The second-order valence-corrected chi connectivity index (χ2v) is 10.5. The highest BCUT2D eigenvalue weighted by Crippen LogP contribution is 2.25. The fraction of sp³-hybridized carbons (Fsp3) is 0.417. The van der Waals surface area contributed by atoms with Crippen molar-refractivity contribution in [2.45, 2.75) is 51.0 Å². The lowest BCUT2D eigenvalue weighted by atomic mass is 10.0. The Kier molecular flexibility index (Phi) is 7.86. The molecule has 2 amide bonds. The maximum absolute atomic E-state index is 14.0. The molecule has 1 saturated heterocycles. The lowest BCUT2D eigenvalue weighted by molar-refractivity contribution is -0.118. The van der Waals surface area contributed by atoms with Gasteiger partial charge >= 0.3 is 0 Å². The van der Waals surface area contributed by atoms with Crippen LogP contribution >= 0.6 is 0 Å². The van der Waals surface area contributed by atoms with E-state index in [0.29, 0.717) is 24.3 Å². The Balaban J connectivity index is 1.80. The molecule has 1 fully saturated rings. The zero-order chi connectivity index (χ0) is 24.2. The van der Waals surface area contributed by atoms with Gasteiger partial charge in [-0.1, -0.05) is 38.5 Å². The first kappa shape index (κ1) is 24.9. The molecule has 33 heavy (non-hydrogen) atoms. The molecule has 0 saturated carbocycles. The summed E-state index contributed by atoms with van der Waals surface area (Å²) in [5.74, 6) is -2.17. The molecule has 0 unspecified atom stereocenters. The quantitative estimate of drug-likeness (QED) is 0.638. The number of hydrogen-bond acceptors (Lipinski definition) is 4. The number of hydrogen-bond donors (Lipinski definition) is 2. The van der Waals surface area contributed by atoms with Crippen molar-refractivity contribution in [2.75, 3.05) is 18.4 Å². The van der Waals surface area contributed by atoms with Gasteiger partial charge in [-0.2, -0.15) is 4.31 Å². The molecule has 3 rings (SSSR count). The monoisotopic (exact) mass is 475 g/mol. The van der Waals surface area contributed by atoms with E-state index < -0.39 is 33.7 Å². The van der Waals surface area contributed by atoms with Crippen molar-refractivity contribution in [3.63, 3.8) is 0 Å². The molecule has 1 aliphatic heterocycles. The molecular formula is C24H30FN3O4S. The van der Waals surface area contributed by atoms with Crippen LogP contribution in [0.2, 0.25) is 0 Å². The van der Waals surface area contributed by atoms with E-state index in [9.17, 15) is 22.4 Å². The van der Waals surface area contributed by atoms with Crippen molar-refractivity contribution in [1.29, 1.82) is 0 Å². The fourth-order valence-corrected chi connectivity index (χ4v) is 5.30. The van der Waals surface area contributed by atoms with Gasteiger partial charge in [-0.15, -0.1) is 0 Å². The van der Waals surface area contributed by atoms with Crippen LogP contribution in [0, 0.1) is 18.7 Å².